The minimum absolute atomic E-state index is 0.0301. The minimum atomic E-state index is -4.33. The Morgan fingerprint density at radius 3 is 2.65 bits per heavy atom. The molecule has 108 valence electrons. The molecule has 2 aromatic rings. The molecule has 0 unspecified atom stereocenters. The lowest BCUT2D eigenvalue weighted by atomic mass is 9.67. The molecule has 3 rings (SSSR count). The van der Waals surface area contributed by atoms with Crippen LogP contribution in [0.15, 0.2) is 16.9 Å². The predicted octanol–water partition coefficient (Wildman–Crippen LogP) is 2.38. The van der Waals surface area contributed by atoms with Gasteiger partial charge < -0.3 is 4.52 Å². The van der Waals surface area contributed by atoms with Crippen molar-refractivity contribution in [2.45, 2.75) is 37.3 Å². The fourth-order valence-corrected chi connectivity index (χ4v) is 2.42. The molecule has 8 heteroatoms. The molecule has 20 heavy (non-hydrogen) atoms. The number of nitrogens with zero attached hydrogens (tertiary/aromatic N) is 4. The molecule has 0 N–H and O–H groups in total. The van der Waals surface area contributed by atoms with E-state index in [0.717, 1.165) is 5.56 Å². The number of halogens is 3. The van der Waals surface area contributed by atoms with E-state index in [1.807, 2.05) is 0 Å². The first-order chi connectivity index (χ1) is 9.41. The van der Waals surface area contributed by atoms with Crippen molar-refractivity contribution in [1.29, 1.82) is 0 Å². The second kappa shape index (κ2) is 4.32. The van der Waals surface area contributed by atoms with Crippen molar-refractivity contribution in [3.8, 4) is 0 Å². The van der Waals surface area contributed by atoms with E-state index in [1.54, 1.807) is 24.1 Å². The summed E-state index contributed by atoms with van der Waals surface area (Å²) in [4.78, 5) is 3.94. The van der Waals surface area contributed by atoms with Gasteiger partial charge in [0.1, 0.15) is 5.41 Å². The lowest BCUT2D eigenvalue weighted by Crippen LogP contribution is -2.48. The highest BCUT2D eigenvalue weighted by molar-refractivity contribution is 5.18. The molecule has 0 aromatic carbocycles. The van der Waals surface area contributed by atoms with Gasteiger partial charge in [0.15, 0.2) is 5.82 Å². The van der Waals surface area contributed by atoms with E-state index in [0.29, 0.717) is 6.42 Å². The van der Waals surface area contributed by atoms with Crippen LogP contribution in [0.2, 0.25) is 0 Å². The molecule has 1 saturated carbocycles. The van der Waals surface area contributed by atoms with Crippen molar-refractivity contribution in [3.63, 3.8) is 0 Å². The Labute approximate surface area is 112 Å². The molecule has 1 aliphatic rings. The molecule has 5 nitrogen and oxygen atoms in total. The van der Waals surface area contributed by atoms with Gasteiger partial charge in [-0.2, -0.15) is 23.3 Å². The van der Waals surface area contributed by atoms with E-state index in [9.17, 15) is 13.2 Å². The van der Waals surface area contributed by atoms with Crippen LogP contribution >= 0.6 is 0 Å². The Bertz CT molecular complexity index is 612. The summed E-state index contributed by atoms with van der Waals surface area (Å²) in [7, 11) is 1.76. The molecule has 0 radical (unpaired) electrons. The Balaban J connectivity index is 1.83. The average molecular weight is 286 g/mol. The number of rotatable bonds is 3. The van der Waals surface area contributed by atoms with Gasteiger partial charge in [0.25, 0.3) is 0 Å². The van der Waals surface area contributed by atoms with Crippen LogP contribution in [0, 0.1) is 0 Å². The molecule has 0 bridgehead atoms. The Hall–Kier alpha value is -1.86. The number of aromatic nitrogens is 4. The van der Waals surface area contributed by atoms with E-state index in [-0.39, 0.29) is 31.0 Å². The molecule has 2 heterocycles. The molecule has 0 saturated heterocycles. The molecule has 0 amide bonds. The van der Waals surface area contributed by atoms with Crippen LogP contribution < -0.4 is 0 Å². The summed E-state index contributed by atoms with van der Waals surface area (Å²) in [6.07, 6.45) is -0.0777. The lowest BCUT2D eigenvalue weighted by molar-refractivity contribution is -0.215. The summed E-state index contributed by atoms with van der Waals surface area (Å²) < 4.78 is 46.0. The minimum Gasteiger partial charge on any atom is -0.339 e. The smallest absolute Gasteiger partial charge is 0.339 e. The highest BCUT2D eigenvalue weighted by atomic mass is 19.4. The summed E-state index contributed by atoms with van der Waals surface area (Å²) in [5, 5.41) is 7.53. The highest BCUT2D eigenvalue weighted by Crippen LogP contribution is 2.53. The average Bonchev–Trinajstić information content (AvgIpc) is 2.85. The van der Waals surface area contributed by atoms with E-state index < -0.39 is 11.6 Å². The zero-order valence-corrected chi connectivity index (χ0v) is 10.8. The maximum Gasteiger partial charge on any atom is 0.401 e. The molecular formula is C12H13F3N4O. The Morgan fingerprint density at radius 1 is 1.40 bits per heavy atom. The van der Waals surface area contributed by atoms with Crippen LogP contribution in [0.5, 0.6) is 0 Å². The zero-order valence-electron chi connectivity index (χ0n) is 10.8. The zero-order chi connectivity index (χ0) is 14.4. The van der Waals surface area contributed by atoms with Crippen molar-refractivity contribution >= 4 is 0 Å². The summed E-state index contributed by atoms with van der Waals surface area (Å²) in [6.45, 7) is 0. The molecule has 2 aromatic heterocycles. The van der Waals surface area contributed by atoms with Crippen LogP contribution in [0.1, 0.15) is 36.5 Å². The van der Waals surface area contributed by atoms with Gasteiger partial charge in [-0.25, -0.2) is 0 Å². The third kappa shape index (κ3) is 1.99. The maximum atomic E-state index is 13.1. The molecule has 0 spiro atoms. The van der Waals surface area contributed by atoms with E-state index in [2.05, 4.69) is 15.2 Å². The van der Waals surface area contributed by atoms with E-state index in [1.165, 1.54) is 0 Å². The van der Waals surface area contributed by atoms with Gasteiger partial charge in [-0.05, 0) is 18.4 Å². The Morgan fingerprint density at radius 2 is 2.15 bits per heavy atom. The van der Waals surface area contributed by atoms with Gasteiger partial charge in [-0.15, -0.1) is 0 Å². The highest BCUT2D eigenvalue weighted by Gasteiger charge is 2.62. The molecule has 1 aliphatic carbocycles. The lowest BCUT2D eigenvalue weighted by Gasteiger charge is -2.40. The second-order valence-electron chi connectivity index (χ2n) is 5.14. The van der Waals surface area contributed by atoms with Crippen LogP contribution in [0.4, 0.5) is 13.2 Å². The molecule has 0 aliphatic heterocycles. The van der Waals surface area contributed by atoms with Crippen LogP contribution in [-0.2, 0) is 18.9 Å². The van der Waals surface area contributed by atoms with E-state index in [4.69, 9.17) is 4.52 Å². The third-order valence-electron chi connectivity index (χ3n) is 3.76. The Kier molecular flexibility index (Phi) is 2.84. The number of alkyl halides is 3. The number of aryl methyl sites for hydroxylation is 1. The van der Waals surface area contributed by atoms with Crippen molar-refractivity contribution < 1.29 is 17.7 Å². The summed E-state index contributed by atoms with van der Waals surface area (Å²) in [5.74, 6) is -0.0568. The number of hydrogen-bond donors (Lipinski definition) is 0. The van der Waals surface area contributed by atoms with Gasteiger partial charge in [0, 0.05) is 13.2 Å². The predicted molar refractivity (Wildman–Crippen MR) is 61.9 cm³/mol. The van der Waals surface area contributed by atoms with E-state index >= 15 is 0 Å². The topological polar surface area (TPSA) is 56.7 Å². The van der Waals surface area contributed by atoms with Crippen LogP contribution in [0.25, 0.3) is 0 Å². The largest absolute Gasteiger partial charge is 0.401 e. The van der Waals surface area contributed by atoms with Crippen molar-refractivity contribution in [3.05, 3.63) is 29.7 Å². The normalized spacial score (nSPS) is 18.0. The monoisotopic (exact) mass is 286 g/mol. The number of hydrogen-bond acceptors (Lipinski definition) is 4. The second-order valence-corrected chi connectivity index (χ2v) is 5.14. The summed E-state index contributed by atoms with van der Waals surface area (Å²) in [6, 6.07) is 0. The molecular weight excluding hydrogens is 273 g/mol. The first-order valence-corrected chi connectivity index (χ1v) is 6.28. The first kappa shape index (κ1) is 13.1. The molecule has 0 atom stereocenters. The summed E-state index contributed by atoms with van der Waals surface area (Å²) in [5.41, 5.74) is -1.10. The fourth-order valence-electron chi connectivity index (χ4n) is 2.42. The van der Waals surface area contributed by atoms with Gasteiger partial charge in [0.05, 0.1) is 12.6 Å². The van der Waals surface area contributed by atoms with Gasteiger partial charge in [0.2, 0.25) is 5.89 Å². The quantitative estimate of drug-likeness (QED) is 0.869. The van der Waals surface area contributed by atoms with Gasteiger partial charge in [-0.3, -0.25) is 4.68 Å². The van der Waals surface area contributed by atoms with Crippen LogP contribution in [0.3, 0.4) is 0 Å². The fraction of sp³-hybridized carbons (Fsp3) is 0.583. The molecule has 1 fully saturated rings. The van der Waals surface area contributed by atoms with Crippen molar-refractivity contribution in [2.24, 2.45) is 7.05 Å². The van der Waals surface area contributed by atoms with Crippen LogP contribution in [-0.4, -0.2) is 26.1 Å². The SMILES string of the molecule is Cn1cc(Cc2nc(C3(C(F)(F)F)CCC3)no2)cn1. The maximum absolute atomic E-state index is 13.1. The standard InChI is InChI=1S/C12H13F3N4O/c1-19-7-8(6-16-19)5-9-17-10(18-20-9)11(3-2-4-11)12(13,14)15/h6-7H,2-5H2,1H3. The van der Waals surface area contributed by atoms with Crippen molar-refractivity contribution in [1.82, 2.24) is 19.9 Å². The van der Waals surface area contributed by atoms with Gasteiger partial charge >= 0.3 is 6.18 Å². The van der Waals surface area contributed by atoms with Crippen molar-refractivity contribution in [2.75, 3.05) is 0 Å². The third-order valence-corrected chi connectivity index (χ3v) is 3.76. The first-order valence-electron chi connectivity index (χ1n) is 6.28. The summed E-state index contributed by atoms with van der Waals surface area (Å²) >= 11 is 0. The van der Waals surface area contributed by atoms with Gasteiger partial charge in [-0.1, -0.05) is 11.6 Å².